The fourth-order valence-electron chi connectivity index (χ4n) is 9.02. The number of nitro groups is 1. The van der Waals surface area contributed by atoms with Gasteiger partial charge in [0.2, 0.25) is 5.79 Å². The van der Waals surface area contributed by atoms with E-state index >= 15 is 0 Å². The van der Waals surface area contributed by atoms with Gasteiger partial charge in [-0.25, -0.2) is 4.79 Å². The Morgan fingerprint density at radius 2 is 1.76 bits per heavy atom. The minimum Gasteiger partial charge on any atom is -0.459 e. The van der Waals surface area contributed by atoms with Gasteiger partial charge in [-0.2, -0.15) is 0 Å². The standard InChI is InChI=1S/C45H53N3O11/c1-4-21-47(44(52)58-33-17-15-32(16-18-33)48(53)54)41-28-39(46-55-3)37-26-31(12-6-8-22-49)36(14-7-9-23-50)42-38-27-35(57-34-13-10-11-30(25-34)29-51)19-20-40(38)59-45(41,43(37)42)56-24-5-2/h5,10-11,13,15-20,25-27,29,31,36,41-43,49-50H,2,4,6-9,12,14,21-24,28H2,1,3H3/t31-,36+,41-,42+,43+,45+/m0/s1. The minimum atomic E-state index is -1.50. The number of aliphatic hydroxyl groups excluding tert-OH is 2. The van der Waals surface area contributed by atoms with Crippen LogP contribution in [0.2, 0.25) is 0 Å². The van der Waals surface area contributed by atoms with Gasteiger partial charge in [-0.15, -0.1) is 6.58 Å². The largest absolute Gasteiger partial charge is 0.459 e. The van der Waals surface area contributed by atoms with Crippen LogP contribution >= 0.6 is 0 Å². The second-order valence-electron chi connectivity index (χ2n) is 15.1. The van der Waals surface area contributed by atoms with Gasteiger partial charge in [0.15, 0.2) is 0 Å². The van der Waals surface area contributed by atoms with Gasteiger partial charge in [0, 0.05) is 55.4 Å². The molecule has 1 saturated carbocycles. The van der Waals surface area contributed by atoms with E-state index in [-0.39, 0.29) is 62.0 Å². The molecular formula is C45H53N3O11. The average molecular weight is 812 g/mol. The van der Waals surface area contributed by atoms with Crippen molar-refractivity contribution in [3.63, 3.8) is 0 Å². The van der Waals surface area contributed by atoms with Gasteiger partial charge in [-0.1, -0.05) is 49.2 Å². The summed E-state index contributed by atoms with van der Waals surface area (Å²) in [6, 6.07) is 17.1. The van der Waals surface area contributed by atoms with Crippen LogP contribution in [-0.2, 0) is 9.57 Å². The molecule has 0 aromatic heterocycles. The number of hydrogen-bond acceptors (Lipinski definition) is 12. The van der Waals surface area contributed by atoms with E-state index in [4.69, 9.17) is 23.8 Å². The van der Waals surface area contributed by atoms with Crippen molar-refractivity contribution < 1.29 is 48.5 Å². The summed E-state index contributed by atoms with van der Waals surface area (Å²) in [6.45, 7) is 6.37. The Hall–Kier alpha value is -5.57. The number of non-ortho nitro benzene ring substituents is 1. The van der Waals surface area contributed by atoms with Crippen LogP contribution in [0.3, 0.4) is 0 Å². The van der Waals surface area contributed by atoms with Crippen LogP contribution in [0.15, 0.2) is 96.2 Å². The number of nitro benzene ring substituents is 1. The molecule has 14 heteroatoms. The Labute approximate surface area is 344 Å². The van der Waals surface area contributed by atoms with Crippen molar-refractivity contribution in [2.75, 3.05) is 33.5 Å². The Morgan fingerprint density at radius 3 is 2.44 bits per heavy atom. The van der Waals surface area contributed by atoms with Crippen LogP contribution in [0.1, 0.15) is 80.1 Å². The molecule has 2 aliphatic carbocycles. The third kappa shape index (κ3) is 9.35. The number of allylic oxidation sites excluding steroid dienone is 1. The van der Waals surface area contributed by atoms with Crippen molar-refractivity contribution in [1.29, 1.82) is 0 Å². The van der Waals surface area contributed by atoms with Crippen LogP contribution in [0.25, 0.3) is 0 Å². The van der Waals surface area contributed by atoms with Gasteiger partial charge < -0.3 is 34.0 Å². The third-order valence-electron chi connectivity index (χ3n) is 11.4. The van der Waals surface area contributed by atoms with Crippen molar-refractivity contribution in [1.82, 2.24) is 4.90 Å². The molecule has 314 valence electrons. The molecule has 3 aromatic carbocycles. The van der Waals surface area contributed by atoms with Crippen molar-refractivity contribution in [2.24, 2.45) is 22.9 Å². The number of unbranched alkanes of at least 4 members (excludes halogenated alkanes) is 2. The predicted molar refractivity (Wildman–Crippen MR) is 220 cm³/mol. The summed E-state index contributed by atoms with van der Waals surface area (Å²) in [7, 11) is 1.48. The lowest BCUT2D eigenvalue weighted by molar-refractivity contribution is -0.384. The summed E-state index contributed by atoms with van der Waals surface area (Å²) < 4.78 is 26.4. The molecule has 14 nitrogen and oxygen atoms in total. The number of aldehydes is 1. The number of aliphatic hydroxyl groups is 2. The summed E-state index contributed by atoms with van der Waals surface area (Å²) in [5, 5.41) is 35.6. The van der Waals surface area contributed by atoms with Gasteiger partial charge in [-0.05, 0) is 92.0 Å². The summed E-state index contributed by atoms with van der Waals surface area (Å²) in [5.41, 5.74) is 2.71. The first-order valence-electron chi connectivity index (χ1n) is 20.3. The molecule has 0 bridgehead atoms. The van der Waals surface area contributed by atoms with Gasteiger partial charge in [-0.3, -0.25) is 19.8 Å². The molecular weight excluding hydrogens is 759 g/mol. The van der Waals surface area contributed by atoms with Gasteiger partial charge >= 0.3 is 6.09 Å². The molecule has 6 rings (SSSR count). The Morgan fingerprint density at radius 1 is 1.03 bits per heavy atom. The van der Waals surface area contributed by atoms with E-state index in [9.17, 15) is 29.9 Å². The smallest absolute Gasteiger partial charge is 0.415 e. The van der Waals surface area contributed by atoms with Crippen LogP contribution in [0, 0.1) is 27.9 Å². The van der Waals surface area contributed by atoms with Crippen molar-refractivity contribution >= 4 is 23.8 Å². The maximum Gasteiger partial charge on any atom is 0.415 e. The van der Waals surface area contributed by atoms with Crippen LogP contribution in [-0.4, -0.2) is 83.4 Å². The first kappa shape index (κ1) is 43.0. The van der Waals surface area contributed by atoms with E-state index in [1.807, 2.05) is 19.1 Å². The van der Waals surface area contributed by atoms with E-state index in [1.165, 1.54) is 31.4 Å². The molecule has 1 aliphatic heterocycles. The number of rotatable bonds is 20. The predicted octanol–water partition coefficient (Wildman–Crippen LogP) is 8.37. The van der Waals surface area contributed by atoms with E-state index in [1.54, 1.807) is 41.3 Å². The highest BCUT2D eigenvalue weighted by atomic mass is 16.7. The number of nitrogens with zero attached hydrogens (tertiary/aromatic N) is 3. The summed E-state index contributed by atoms with van der Waals surface area (Å²) in [6.07, 6.45) is 9.03. The molecule has 59 heavy (non-hydrogen) atoms. The fraction of sp³-hybridized carbons (Fsp3) is 0.444. The highest BCUT2D eigenvalue weighted by molar-refractivity contribution is 6.03. The maximum absolute atomic E-state index is 14.4. The quantitative estimate of drug-likeness (QED) is 0.0368. The van der Waals surface area contributed by atoms with Crippen LogP contribution in [0.4, 0.5) is 10.5 Å². The summed E-state index contributed by atoms with van der Waals surface area (Å²) in [4.78, 5) is 44.0. The molecule has 0 spiro atoms. The monoisotopic (exact) mass is 811 g/mol. The summed E-state index contributed by atoms with van der Waals surface area (Å²) in [5.74, 6) is -0.595. The molecule has 1 heterocycles. The minimum absolute atomic E-state index is 0.00813. The second kappa shape index (κ2) is 19.9. The number of carbonyl (C=O) groups is 2. The summed E-state index contributed by atoms with van der Waals surface area (Å²) >= 11 is 0. The molecule has 3 aliphatic rings. The zero-order valence-corrected chi connectivity index (χ0v) is 33.6. The van der Waals surface area contributed by atoms with Crippen molar-refractivity contribution in [2.45, 2.75) is 76.0 Å². The highest BCUT2D eigenvalue weighted by Crippen LogP contribution is 2.62. The highest BCUT2D eigenvalue weighted by Gasteiger charge is 2.65. The van der Waals surface area contributed by atoms with E-state index in [0.717, 1.165) is 43.1 Å². The van der Waals surface area contributed by atoms with E-state index in [2.05, 4.69) is 17.8 Å². The Bertz CT molecular complexity index is 2020. The average Bonchev–Trinajstić information content (AvgIpc) is 3.24. The van der Waals surface area contributed by atoms with E-state index < -0.39 is 28.8 Å². The molecule has 0 unspecified atom stereocenters. The van der Waals surface area contributed by atoms with Gasteiger partial charge in [0.05, 0.1) is 23.2 Å². The lowest BCUT2D eigenvalue weighted by atomic mass is 9.55. The lowest BCUT2D eigenvalue weighted by Gasteiger charge is -2.59. The fourth-order valence-corrected chi connectivity index (χ4v) is 9.02. The molecule has 0 radical (unpaired) electrons. The van der Waals surface area contributed by atoms with Crippen molar-refractivity contribution in [3.8, 4) is 23.0 Å². The number of oxime groups is 1. The first-order valence-corrected chi connectivity index (χ1v) is 20.3. The zero-order chi connectivity index (χ0) is 41.9. The first-order chi connectivity index (χ1) is 28.7. The topological polar surface area (TPSA) is 179 Å². The Kier molecular flexibility index (Phi) is 14.5. The molecule has 1 amide bonds. The molecule has 0 saturated heterocycles. The number of ether oxygens (including phenoxy) is 4. The van der Waals surface area contributed by atoms with Gasteiger partial charge in [0.1, 0.15) is 42.4 Å². The second-order valence-corrected chi connectivity index (χ2v) is 15.1. The number of benzene rings is 3. The number of hydrogen-bond donors (Lipinski definition) is 2. The molecule has 2 N–H and O–H groups in total. The van der Waals surface area contributed by atoms with Crippen molar-refractivity contribution in [3.05, 3.63) is 112 Å². The number of amides is 1. The maximum atomic E-state index is 14.4. The molecule has 3 aromatic rings. The molecule has 6 atom stereocenters. The van der Waals surface area contributed by atoms with Crippen LogP contribution in [0.5, 0.6) is 23.0 Å². The lowest BCUT2D eigenvalue weighted by Crippen LogP contribution is -2.70. The van der Waals surface area contributed by atoms with Gasteiger partial charge in [0.25, 0.3) is 5.69 Å². The normalized spacial score (nSPS) is 23.5. The number of carbonyl (C=O) groups excluding carboxylic acids is 2. The number of fused-ring (bicyclic) bond motifs is 2. The molecule has 1 fully saturated rings. The third-order valence-corrected chi connectivity index (χ3v) is 11.4. The zero-order valence-electron chi connectivity index (χ0n) is 33.6. The van der Waals surface area contributed by atoms with E-state index in [0.29, 0.717) is 47.8 Å². The Balaban J connectivity index is 1.54. The SMILES string of the molecule is C=CCO[C@@]12Oc3ccc(Oc4cccc(C=O)c4)cc3[C@H]3[C@H](CCCCO)[C@@H](CCCCO)C=C(C(=NOC)C[C@@H]1N(CCC)C(=O)Oc1ccc([N+](=O)[O-])cc1)[C@H]32. The van der Waals surface area contributed by atoms with Crippen LogP contribution < -0.4 is 14.2 Å².